The highest BCUT2D eigenvalue weighted by Gasteiger charge is 2.23. The van der Waals surface area contributed by atoms with Crippen molar-refractivity contribution in [1.82, 2.24) is 5.32 Å². The van der Waals surface area contributed by atoms with E-state index in [-0.39, 0.29) is 0 Å². The van der Waals surface area contributed by atoms with Crippen molar-refractivity contribution in [2.75, 3.05) is 12.3 Å². The summed E-state index contributed by atoms with van der Waals surface area (Å²) >= 11 is 2.00. The number of hydrogen-bond donors (Lipinski definition) is 1. The third kappa shape index (κ3) is 3.76. The molecule has 2 rings (SSSR count). The van der Waals surface area contributed by atoms with Crippen molar-refractivity contribution in [1.29, 1.82) is 0 Å². The summed E-state index contributed by atoms with van der Waals surface area (Å²) in [5, 5.41) is 3.83. The van der Waals surface area contributed by atoms with Crippen LogP contribution in [0.4, 0.5) is 0 Å². The molecule has 0 amide bonds. The number of rotatable bonds is 5. The number of thioether (sulfide) groups is 1. The molecule has 1 aromatic carbocycles. The van der Waals surface area contributed by atoms with Crippen LogP contribution in [-0.4, -0.2) is 12.3 Å². The fourth-order valence-corrected chi connectivity index (χ4v) is 4.20. The first kappa shape index (κ1) is 14.9. The molecule has 0 aromatic heterocycles. The van der Waals surface area contributed by atoms with Gasteiger partial charge in [-0.05, 0) is 48.1 Å². The minimum atomic E-state index is 0.553. The molecule has 106 valence electrons. The third-order valence-corrected chi connectivity index (χ3v) is 5.39. The molecule has 1 heterocycles. The first-order valence-electron chi connectivity index (χ1n) is 7.54. The molecule has 0 fully saturated rings. The number of nitrogens with one attached hydrogen (secondary N) is 1. The summed E-state index contributed by atoms with van der Waals surface area (Å²) in [4.78, 5) is 1.47. The summed E-state index contributed by atoms with van der Waals surface area (Å²) in [6.07, 6.45) is 1.25. The van der Waals surface area contributed by atoms with Gasteiger partial charge in [-0.15, -0.1) is 11.8 Å². The second-order valence-corrected chi connectivity index (χ2v) is 7.42. The van der Waals surface area contributed by atoms with E-state index >= 15 is 0 Å². The van der Waals surface area contributed by atoms with Gasteiger partial charge in [0.25, 0.3) is 0 Å². The Kier molecular flexibility index (Phi) is 5.35. The molecule has 1 aromatic rings. The summed E-state index contributed by atoms with van der Waals surface area (Å²) in [7, 11) is 0. The Bertz CT molecular complexity index is 392. The van der Waals surface area contributed by atoms with E-state index in [1.807, 2.05) is 11.8 Å². The summed E-state index contributed by atoms with van der Waals surface area (Å²) in [6.45, 7) is 10.5. The fraction of sp³-hybridized carbons (Fsp3) is 0.647. The average Bonchev–Trinajstić information content (AvgIpc) is 2.38. The summed E-state index contributed by atoms with van der Waals surface area (Å²) < 4.78 is 0. The molecule has 1 aliphatic rings. The Morgan fingerprint density at radius 1 is 1.16 bits per heavy atom. The number of benzene rings is 1. The molecule has 1 atom stereocenters. The lowest BCUT2D eigenvalue weighted by atomic mass is 9.85. The lowest BCUT2D eigenvalue weighted by Gasteiger charge is -2.31. The zero-order chi connectivity index (χ0) is 13.8. The van der Waals surface area contributed by atoms with Crippen molar-refractivity contribution in [2.24, 2.45) is 17.8 Å². The van der Waals surface area contributed by atoms with Crippen LogP contribution in [0.2, 0.25) is 0 Å². The minimum Gasteiger partial charge on any atom is -0.310 e. The van der Waals surface area contributed by atoms with E-state index in [1.54, 1.807) is 0 Å². The topological polar surface area (TPSA) is 12.0 Å². The van der Waals surface area contributed by atoms with Gasteiger partial charge in [0, 0.05) is 10.9 Å². The molecule has 0 saturated carbocycles. The quantitative estimate of drug-likeness (QED) is 0.834. The average molecular weight is 277 g/mol. The Balaban J connectivity index is 2.01. The molecule has 2 heteroatoms. The van der Waals surface area contributed by atoms with Crippen LogP contribution in [0.5, 0.6) is 0 Å². The van der Waals surface area contributed by atoms with E-state index in [0.717, 1.165) is 24.3 Å². The predicted octanol–water partition coefficient (Wildman–Crippen LogP) is 4.74. The summed E-state index contributed by atoms with van der Waals surface area (Å²) in [5.41, 5.74) is 1.50. The molecule has 1 N–H and O–H groups in total. The molecule has 1 unspecified atom stereocenters. The maximum Gasteiger partial charge on any atom is 0.0339 e. The molecular formula is C17H27NS. The van der Waals surface area contributed by atoms with Crippen LogP contribution in [0, 0.1) is 17.8 Å². The first-order valence-corrected chi connectivity index (χ1v) is 8.53. The molecular weight excluding hydrogens is 250 g/mol. The highest BCUT2D eigenvalue weighted by atomic mass is 32.2. The van der Waals surface area contributed by atoms with Crippen LogP contribution in [0.3, 0.4) is 0 Å². The van der Waals surface area contributed by atoms with E-state index < -0.39 is 0 Å². The van der Waals surface area contributed by atoms with Gasteiger partial charge in [-0.2, -0.15) is 0 Å². The molecule has 19 heavy (non-hydrogen) atoms. The monoisotopic (exact) mass is 277 g/mol. The van der Waals surface area contributed by atoms with Gasteiger partial charge < -0.3 is 5.32 Å². The van der Waals surface area contributed by atoms with E-state index in [1.165, 1.54) is 22.6 Å². The van der Waals surface area contributed by atoms with Crippen molar-refractivity contribution in [3.8, 4) is 0 Å². The summed E-state index contributed by atoms with van der Waals surface area (Å²) in [6, 6.07) is 9.42. The molecule has 0 radical (unpaired) electrons. The van der Waals surface area contributed by atoms with Crippen LogP contribution in [-0.2, 0) is 0 Å². The van der Waals surface area contributed by atoms with Crippen LogP contribution in [0.25, 0.3) is 0 Å². The molecule has 1 nitrogen and oxygen atoms in total. The lowest BCUT2D eigenvalue weighted by molar-refractivity contribution is 0.264. The van der Waals surface area contributed by atoms with E-state index in [9.17, 15) is 0 Å². The van der Waals surface area contributed by atoms with E-state index in [2.05, 4.69) is 57.3 Å². The van der Waals surface area contributed by atoms with Crippen molar-refractivity contribution in [3.05, 3.63) is 29.8 Å². The van der Waals surface area contributed by atoms with Crippen molar-refractivity contribution in [2.45, 2.75) is 45.1 Å². The second kappa shape index (κ2) is 6.81. The highest BCUT2D eigenvalue weighted by molar-refractivity contribution is 7.99. The standard InChI is InChI=1S/C17H27NS/c1-12(2)15(13(3)4)11-18-16-9-10-19-17-8-6-5-7-14(16)17/h5-8,12-13,15-16,18H,9-11H2,1-4H3. The fourth-order valence-electron chi connectivity index (χ4n) is 3.07. The van der Waals surface area contributed by atoms with Crippen molar-refractivity contribution < 1.29 is 0 Å². The van der Waals surface area contributed by atoms with Crippen molar-refractivity contribution >= 4 is 11.8 Å². The van der Waals surface area contributed by atoms with Gasteiger partial charge in [0.2, 0.25) is 0 Å². The molecule has 0 bridgehead atoms. The van der Waals surface area contributed by atoms with Gasteiger partial charge in [-0.1, -0.05) is 45.9 Å². The normalized spacial score (nSPS) is 19.2. The van der Waals surface area contributed by atoms with Crippen LogP contribution in [0.1, 0.15) is 45.7 Å². The lowest BCUT2D eigenvalue weighted by Crippen LogP contribution is -2.33. The minimum absolute atomic E-state index is 0.553. The van der Waals surface area contributed by atoms with Crippen molar-refractivity contribution in [3.63, 3.8) is 0 Å². The Hall–Kier alpha value is -0.470. The predicted molar refractivity (Wildman–Crippen MR) is 85.7 cm³/mol. The highest BCUT2D eigenvalue weighted by Crippen LogP contribution is 2.36. The first-order chi connectivity index (χ1) is 9.09. The summed E-state index contributed by atoms with van der Waals surface area (Å²) in [5.74, 6) is 3.51. The number of hydrogen-bond acceptors (Lipinski definition) is 2. The molecule has 1 aliphatic heterocycles. The van der Waals surface area contributed by atoms with Crippen LogP contribution < -0.4 is 5.32 Å². The van der Waals surface area contributed by atoms with E-state index in [4.69, 9.17) is 0 Å². The largest absolute Gasteiger partial charge is 0.310 e. The van der Waals surface area contributed by atoms with Gasteiger partial charge in [-0.3, -0.25) is 0 Å². The molecule has 0 spiro atoms. The van der Waals surface area contributed by atoms with Gasteiger partial charge >= 0.3 is 0 Å². The SMILES string of the molecule is CC(C)C(CNC1CCSc2ccccc21)C(C)C. The molecule has 0 aliphatic carbocycles. The van der Waals surface area contributed by atoms with Gasteiger partial charge in [0.15, 0.2) is 0 Å². The van der Waals surface area contributed by atoms with E-state index in [0.29, 0.717) is 6.04 Å². The smallest absolute Gasteiger partial charge is 0.0339 e. The number of fused-ring (bicyclic) bond motifs is 1. The van der Waals surface area contributed by atoms with Gasteiger partial charge in [0.05, 0.1) is 0 Å². The maximum atomic E-state index is 3.83. The Morgan fingerprint density at radius 2 is 1.84 bits per heavy atom. The Morgan fingerprint density at radius 3 is 2.53 bits per heavy atom. The Labute approximate surface area is 122 Å². The van der Waals surface area contributed by atoms with Gasteiger partial charge in [-0.25, -0.2) is 0 Å². The zero-order valence-corrected chi connectivity index (χ0v) is 13.5. The van der Waals surface area contributed by atoms with Gasteiger partial charge in [0.1, 0.15) is 0 Å². The molecule has 0 saturated heterocycles. The second-order valence-electron chi connectivity index (χ2n) is 6.29. The zero-order valence-electron chi connectivity index (χ0n) is 12.6. The van der Waals surface area contributed by atoms with Crippen LogP contribution in [0.15, 0.2) is 29.2 Å². The van der Waals surface area contributed by atoms with Crippen LogP contribution >= 0.6 is 11.8 Å². The third-order valence-electron chi connectivity index (χ3n) is 4.27. The maximum absolute atomic E-state index is 3.83.